The Morgan fingerprint density at radius 2 is 1.71 bits per heavy atom. The number of hydrogen-bond acceptors (Lipinski definition) is 3. The number of nitrogens with one attached hydrogen (secondary N) is 1. The fourth-order valence-corrected chi connectivity index (χ4v) is 4.72. The first-order chi connectivity index (χ1) is 16.0. The Bertz CT molecular complexity index is 951. The highest BCUT2D eigenvalue weighted by atomic mass is 19.4. The largest absolute Gasteiger partial charge is 0.481 e. The molecule has 1 saturated carbocycles. The van der Waals surface area contributed by atoms with Crippen molar-refractivity contribution in [3.05, 3.63) is 53.6 Å². The molecule has 0 saturated heterocycles. The summed E-state index contributed by atoms with van der Waals surface area (Å²) in [7, 11) is 0. The summed E-state index contributed by atoms with van der Waals surface area (Å²) in [6, 6.07) is 11.4. The molecular formula is C27H35F3N2O2. The number of carboxylic acids is 1. The number of alkyl halides is 3. The summed E-state index contributed by atoms with van der Waals surface area (Å²) in [4.78, 5) is 13.7. The van der Waals surface area contributed by atoms with E-state index < -0.39 is 17.7 Å². The summed E-state index contributed by atoms with van der Waals surface area (Å²) in [6.07, 6.45) is 1.48. The molecule has 186 valence electrons. The van der Waals surface area contributed by atoms with Crippen LogP contribution >= 0.6 is 0 Å². The highest BCUT2D eigenvalue weighted by molar-refractivity contribution is 5.77. The van der Waals surface area contributed by atoms with Crippen LogP contribution in [0, 0.1) is 5.92 Å². The van der Waals surface area contributed by atoms with Gasteiger partial charge in [0, 0.05) is 18.3 Å². The monoisotopic (exact) mass is 476 g/mol. The summed E-state index contributed by atoms with van der Waals surface area (Å²) in [5.74, 6) is -0.614. The second-order valence-corrected chi connectivity index (χ2v) is 9.81. The highest BCUT2D eigenvalue weighted by Crippen LogP contribution is 2.38. The van der Waals surface area contributed by atoms with Gasteiger partial charge in [-0.15, -0.1) is 0 Å². The second kappa shape index (κ2) is 11.2. The van der Waals surface area contributed by atoms with Gasteiger partial charge in [0.25, 0.3) is 0 Å². The summed E-state index contributed by atoms with van der Waals surface area (Å²) in [5.41, 5.74) is 2.55. The summed E-state index contributed by atoms with van der Waals surface area (Å²) in [5, 5.41) is 12.6. The lowest BCUT2D eigenvalue weighted by atomic mass is 9.92. The summed E-state index contributed by atoms with van der Waals surface area (Å²) < 4.78 is 39.0. The molecule has 0 amide bonds. The average Bonchev–Trinajstić information content (AvgIpc) is 2.77. The van der Waals surface area contributed by atoms with Crippen LogP contribution in [0.1, 0.15) is 76.3 Å². The first-order valence-electron chi connectivity index (χ1n) is 12.1. The SMILES string of the molecule is CC(C)CN(c1ccc(C(C)CC(=O)O)cc1Nc1ccc(C(F)(F)F)cc1)C1CCCCC1. The molecule has 1 atom stereocenters. The number of anilines is 3. The lowest BCUT2D eigenvalue weighted by Crippen LogP contribution is -2.39. The van der Waals surface area contributed by atoms with Gasteiger partial charge in [-0.2, -0.15) is 13.2 Å². The number of rotatable bonds is 9. The maximum absolute atomic E-state index is 13.0. The molecule has 0 bridgehead atoms. The standard InChI is InChI=1S/C27H35F3N2O2/c1-18(2)17-32(23-7-5-4-6-8-23)25-14-9-20(19(3)15-26(33)34)16-24(25)31-22-12-10-21(11-13-22)27(28,29)30/h9-14,16,18-19,23,31H,4-8,15,17H2,1-3H3,(H,33,34). The van der Waals surface area contributed by atoms with Gasteiger partial charge in [-0.3, -0.25) is 4.79 Å². The van der Waals surface area contributed by atoms with Crippen molar-refractivity contribution in [2.75, 3.05) is 16.8 Å². The minimum Gasteiger partial charge on any atom is -0.481 e. The fraction of sp³-hybridized carbons (Fsp3) is 0.519. The minimum absolute atomic E-state index is 0.0113. The van der Waals surface area contributed by atoms with Gasteiger partial charge in [0.15, 0.2) is 0 Å². The van der Waals surface area contributed by atoms with E-state index in [1.165, 1.54) is 31.4 Å². The molecule has 1 aliphatic carbocycles. The minimum atomic E-state index is -4.38. The molecule has 0 aromatic heterocycles. The lowest BCUT2D eigenvalue weighted by Gasteiger charge is -2.38. The van der Waals surface area contributed by atoms with Crippen molar-refractivity contribution in [3.8, 4) is 0 Å². The van der Waals surface area contributed by atoms with E-state index in [0.717, 1.165) is 48.5 Å². The number of aliphatic carboxylic acids is 1. The van der Waals surface area contributed by atoms with Crippen LogP contribution in [0.3, 0.4) is 0 Å². The molecule has 4 nitrogen and oxygen atoms in total. The van der Waals surface area contributed by atoms with Crippen molar-refractivity contribution in [1.29, 1.82) is 0 Å². The van der Waals surface area contributed by atoms with Crippen molar-refractivity contribution in [2.24, 2.45) is 5.92 Å². The van der Waals surface area contributed by atoms with E-state index in [-0.39, 0.29) is 12.3 Å². The van der Waals surface area contributed by atoms with Crippen LogP contribution in [0.25, 0.3) is 0 Å². The molecule has 2 aromatic carbocycles. The van der Waals surface area contributed by atoms with Gasteiger partial charge in [0.2, 0.25) is 0 Å². The van der Waals surface area contributed by atoms with Crippen LogP contribution in [0.4, 0.5) is 30.2 Å². The molecule has 3 rings (SSSR count). The number of benzene rings is 2. The molecule has 1 aliphatic rings. The zero-order valence-corrected chi connectivity index (χ0v) is 20.2. The van der Waals surface area contributed by atoms with Gasteiger partial charge in [0.05, 0.1) is 23.4 Å². The van der Waals surface area contributed by atoms with Crippen molar-refractivity contribution < 1.29 is 23.1 Å². The number of carbonyl (C=O) groups is 1. The Morgan fingerprint density at radius 1 is 1.06 bits per heavy atom. The van der Waals surface area contributed by atoms with Gasteiger partial charge >= 0.3 is 12.1 Å². The zero-order chi connectivity index (χ0) is 24.9. The summed E-state index contributed by atoms with van der Waals surface area (Å²) in [6.45, 7) is 7.11. The van der Waals surface area contributed by atoms with Crippen LogP contribution in [-0.2, 0) is 11.0 Å². The molecule has 2 N–H and O–H groups in total. The third kappa shape index (κ3) is 6.90. The smallest absolute Gasteiger partial charge is 0.416 e. The molecule has 7 heteroatoms. The van der Waals surface area contributed by atoms with Gasteiger partial charge in [-0.25, -0.2) is 0 Å². The molecular weight excluding hydrogens is 441 g/mol. The number of hydrogen-bond donors (Lipinski definition) is 2. The molecule has 1 unspecified atom stereocenters. The van der Waals surface area contributed by atoms with E-state index >= 15 is 0 Å². The zero-order valence-electron chi connectivity index (χ0n) is 20.2. The Hall–Kier alpha value is -2.70. The van der Waals surface area contributed by atoms with E-state index in [2.05, 4.69) is 24.1 Å². The normalized spacial score (nSPS) is 15.9. The third-order valence-electron chi connectivity index (χ3n) is 6.45. The topological polar surface area (TPSA) is 52.6 Å². The van der Waals surface area contributed by atoms with Crippen LogP contribution in [0.5, 0.6) is 0 Å². The third-order valence-corrected chi connectivity index (χ3v) is 6.45. The number of nitrogens with zero attached hydrogens (tertiary/aromatic N) is 1. The Labute approximate surface area is 200 Å². The van der Waals surface area contributed by atoms with Gasteiger partial charge in [-0.05, 0) is 66.6 Å². The maximum Gasteiger partial charge on any atom is 0.416 e. The number of halogens is 3. The molecule has 0 heterocycles. The predicted molar refractivity (Wildman–Crippen MR) is 131 cm³/mol. The van der Waals surface area contributed by atoms with Crippen LogP contribution < -0.4 is 10.2 Å². The van der Waals surface area contributed by atoms with Crippen LogP contribution in [0.15, 0.2) is 42.5 Å². The maximum atomic E-state index is 13.0. The Kier molecular flexibility index (Phi) is 8.50. The molecule has 2 aromatic rings. The molecule has 34 heavy (non-hydrogen) atoms. The van der Waals surface area contributed by atoms with E-state index in [4.69, 9.17) is 0 Å². The van der Waals surface area contributed by atoms with Gasteiger partial charge < -0.3 is 15.3 Å². The molecule has 0 aliphatic heterocycles. The lowest BCUT2D eigenvalue weighted by molar-refractivity contribution is -0.138. The predicted octanol–water partition coefficient (Wildman–Crippen LogP) is 7.82. The van der Waals surface area contributed by atoms with E-state index in [9.17, 15) is 23.1 Å². The fourth-order valence-electron chi connectivity index (χ4n) is 4.72. The Morgan fingerprint density at radius 3 is 2.26 bits per heavy atom. The van der Waals surface area contributed by atoms with E-state index in [0.29, 0.717) is 17.6 Å². The van der Waals surface area contributed by atoms with E-state index in [1.807, 2.05) is 25.1 Å². The average molecular weight is 477 g/mol. The highest BCUT2D eigenvalue weighted by Gasteiger charge is 2.30. The first kappa shape index (κ1) is 25.9. The second-order valence-electron chi connectivity index (χ2n) is 9.81. The van der Waals surface area contributed by atoms with E-state index in [1.54, 1.807) is 0 Å². The first-order valence-corrected chi connectivity index (χ1v) is 12.1. The van der Waals surface area contributed by atoms with Crippen molar-refractivity contribution >= 4 is 23.0 Å². The Balaban J connectivity index is 2.00. The van der Waals surface area contributed by atoms with Crippen molar-refractivity contribution in [3.63, 3.8) is 0 Å². The van der Waals surface area contributed by atoms with Crippen molar-refractivity contribution in [2.45, 2.75) is 77.4 Å². The molecule has 1 fully saturated rings. The van der Waals surface area contributed by atoms with Gasteiger partial charge in [-0.1, -0.05) is 46.1 Å². The van der Waals surface area contributed by atoms with Gasteiger partial charge in [0.1, 0.15) is 0 Å². The number of carboxylic acid groups (broad SMARTS) is 1. The quantitative estimate of drug-likeness (QED) is 0.387. The van der Waals surface area contributed by atoms with Crippen molar-refractivity contribution in [1.82, 2.24) is 0 Å². The van der Waals surface area contributed by atoms with Crippen LogP contribution in [0.2, 0.25) is 0 Å². The molecule has 0 radical (unpaired) electrons. The van der Waals surface area contributed by atoms with Crippen LogP contribution in [-0.4, -0.2) is 23.7 Å². The summed E-state index contributed by atoms with van der Waals surface area (Å²) >= 11 is 0. The molecule has 0 spiro atoms.